The molecular weight excluding hydrogens is 1100 g/mol. The van der Waals surface area contributed by atoms with E-state index < -0.39 is 5.60 Å². The molecule has 2 aliphatic rings. The maximum absolute atomic E-state index is 15.8. The molecule has 2 aromatic heterocycles. The second-order valence-corrected chi connectivity index (χ2v) is 28.7. The van der Waals surface area contributed by atoms with E-state index >= 15 is 5.11 Å². The second-order valence-electron chi connectivity index (χ2n) is 28.7. The molecule has 0 spiro atoms. The molecule has 0 bridgehead atoms. The fourth-order valence-corrected chi connectivity index (χ4v) is 13.9. The molecule has 3 heterocycles. The average Bonchev–Trinajstić information content (AvgIpc) is 1.50. The van der Waals surface area contributed by atoms with E-state index in [9.17, 15) is 0 Å². The quantitative estimate of drug-likeness (QED) is 0.163. The van der Waals surface area contributed by atoms with Crippen LogP contribution in [-0.4, -0.2) is 5.11 Å². The Bertz CT molecular complexity index is 4800. The summed E-state index contributed by atoms with van der Waals surface area (Å²) in [7, 11) is 0. The minimum Gasteiger partial charge on any atom is -0.455 e. The van der Waals surface area contributed by atoms with Gasteiger partial charge < -0.3 is 33.4 Å². The number of hydrogen-bond acceptors (Lipinski definition) is 7. The highest BCUT2D eigenvalue weighted by Gasteiger charge is 2.50. The first-order valence-corrected chi connectivity index (χ1v) is 31.5. The zero-order chi connectivity index (χ0) is 62.4. The minimum atomic E-state index is -1.91. The molecule has 1 N–H and O–H groups in total. The van der Waals surface area contributed by atoms with Crippen molar-refractivity contribution in [1.82, 2.24) is 0 Å². The van der Waals surface area contributed by atoms with Gasteiger partial charge in [-0.15, -0.1) is 0 Å². The molecule has 0 radical (unpaired) electrons. The van der Waals surface area contributed by atoms with E-state index in [4.69, 9.17) is 13.6 Å². The zero-order valence-corrected chi connectivity index (χ0v) is 53.5. The Balaban J connectivity index is 1.11. The number of anilines is 9. The third kappa shape index (κ3) is 9.02. The molecule has 7 heteroatoms. The van der Waals surface area contributed by atoms with Crippen molar-refractivity contribution in [1.29, 1.82) is 0 Å². The van der Waals surface area contributed by atoms with Crippen molar-refractivity contribution < 1.29 is 18.7 Å². The SMILES string of the molecule is CC(C)(C)c1ccc(N(c2ccc(C(C)(C)C)cc2)c2cc3c(c4c2oc2ccccc24)-c2c(cc(N(c4ccc(C(C)(C)C)cc4)c4ccc(C(C)(C)C)cc4)c4c2oc2ccccc24)C3(O)c2ccccc2N2c3ccccc3Oc3ccccc32)cc1. The zero-order valence-electron chi connectivity index (χ0n) is 53.5. The van der Waals surface area contributed by atoms with Crippen LogP contribution >= 0.6 is 0 Å². The lowest BCUT2D eigenvalue weighted by molar-refractivity contribution is 0.131. The predicted molar refractivity (Wildman–Crippen MR) is 374 cm³/mol. The molecule has 90 heavy (non-hydrogen) atoms. The first kappa shape index (κ1) is 56.7. The van der Waals surface area contributed by atoms with Gasteiger partial charge in [-0.3, -0.25) is 0 Å². The molecule has 15 rings (SSSR count). The molecule has 1 unspecified atom stereocenters. The first-order valence-electron chi connectivity index (χ1n) is 31.5. The van der Waals surface area contributed by atoms with E-state index in [0.717, 1.165) is 95.0 Å². The van der Waals surface area contributed by atoms with Gasteiger partial charge in [-0.05, 0) is 147 Å². The van der Waals surface area contributed by atoms with Gasteiger partial charge in [0.2, 0.25) is 0 Å². The molecule has 13 aromatic rings. The van der Waals surface area contributed by atoms with Crippen LogP contribution in [0, 0.1) is 0 Å². The number of aliphatic hydroxyl groups is 1. The molecule has 7 nitrogen and oxygen atoms in total. The van der Waals surface area contributed by atoms with Crippen LogP contribution in [-0.2, 0) is 27.3 Å². The van der Waals surface area contributed by atoms with E-state index in [0.29, 0.717) is 39.4 Å². The molecule has 0 amide bonds. The molecule has 0 fully saturated rings. The summed E-state index contributed by atoms with van der Waals surface area (Å²) in [5.41, 5.74) is 17.1. The van der Waals surface area contributed by atoms with Crippen LogP contribution in [0.25, 0.3) is 55.0 Å². The maximum atomic E-state index is 15.8. The van der Waals surface area contributed by atoms with Crippen LogP contribution in [0.1, 0.15) is 122 Å². The van der Waals surface area contributed by atoms with Crippen molar-refractivity contribution in [3.05, 3.63) is 269 Å². The summed E-state index contributed by atoms with van der Waals surface area (Å²) in [4.78, 5) is 6.94. The number of rotatable bonds is 8. The Morgan fingerprint density at radius 2 is 0.700 bits per heavy atom. The molecule has 0 saturated heterocycles. The van der Waals surface area contributed by atoms with Gasteiger partial charge in [-0.25, -0.2) is 0 Å². The van der Waals surface area contributed by atoms with Gasteiger partial charge >= 0.3 is 0 Å². The smallest absolute Gasteiger partial charge is 0.160 e. The van der Waals surface area contributed by atoms with E-state index in [1.165, 1.54) is 22.3 Å². The summed E-state index contributed by atoms with van der Waals surface area (Å²) in [6.07, 6.45) is 0. The van der Waals surface area contributed by atoms with Crippen molar-refractivity contribution in [2.75, 3.05) is 14.7 Å². The van der Waals surface area contributed by atoms with Gasteiger partial charge in [0, 0.05) is 66.7 Å². The summed E-state index contributed by atoms with van der Waals surface area (Å²) < 4.78 is 21.6. The lowest BCUT2D eigenvalue weighted by atomic mass is 9.81. The number of fused-ring (bicyclic) bond motifs is 13. The van der Waals surface area contributed by atoms with Crippen LogP contribution in [0.5, 0.6) is 11.5 Å². The summed E-state index contributed by atoms with van der Waals surface area (Å²) >= 11 is 0. The third-order valence-electron chi connectivity index (χ3n) is 18.7. The molecule has 446 valence electrons. The summed E-state index contributed by atoms with van der Waals surface area (Å²) in [5.74, 6) is 1.42. The third-order valence-corrected chi connectivity index (χ3v) is 18.7. The van der Waals surface area contributed by atoms with Crippen molar-refractivity contribution in [2.24, 2.45) is 0 Å². The normalized spacial score (nSPS) is 14.8. The Labute approximate surface area is 528 Å². The fourth-order valence-electron chi connectivity index (χ4n) is 13.9. The van der Waals surface area contributed by atoms with Crippen molar-refractivity contribution in [3.8, 4) is 22.6 Å². The van der Waals surface area contributed by atoms with Gasteiger partial charge in [0.05, 0.1) is 33.8 Å². The Morgan fingerprint density at radius 3 is 1.16 bits per heavy atom. The average molecular weight is 1180 g/mol. The summed E-state index contributed by atoms with van der Waals surface area (Å²) in [5, 5.41) is 19.5. The van der Waals surface area contributed by atoms with E-state index in [1.54, 1.807) is 0 Å². The fraction of sp³-hybridized carbons (Fsp3) is 0.205. The van der Waals surface area contributed by atoms with Crippen molar-refractivity contribution >= 4 is 95.1 Å². The molecule has 0 saturated carbocycles. The number of hydrogen-bond donors (Lipinski definition) is 1. The van der Waals surface area contributed by atoms with Crippen LogP contribution in [0.4, 0.5) is 51.2 Å². The topological polar surface area (TPSA) is 65.5 Å². The van der Waals surface area contributed by atoms with Gasteiger partial charge in [0.15, 0.2) is 17.1 Å². The number of ether oxygens (including phenoxy) is 1. The van der Waals surface area contributed by atoms with Crippen molar-refractivity contribution in [2.45, 2.75) is 110 Å². The first-order chi connectivity index (χ1) is 43.1. The number of benzene rings is 11. The number of para-hydroxylation sites is 7. The van der Waals surface area contributed by atoms with E-state index in [2.05, 4.69) is 280 Å². The summed E-state index contributed by atoms with van der Waals surface area (Å²) in [6, 6.07) is 81.8. The second kappa shape index (κ2) is 20.4. The van der Waals surface area contributed by atoms with E-state index in [1.807, 2.05) is 48.5 Å². The number of nitrogens with zero attached hydrogens (tertiary/aromatic N) is 3. The van der Waals surface area contributed by atoms with Gasteiger partial charge in [-0.2, -0.15) is 0 Å². The standard InChI is InChI=1S/C83H75N3O4/c1-79(2,3)51-33-41-55(42-34-51)84(56-43-35-52(36-44-56)80(4,5)6)67-49-63-76(78-73(67)59-23-13-19-29-69(59)90-78)75-62(83(63,87)61-25-15-16-26-64(61)86-65-27-17-21-31-71(65)88-72-32-22-18-28-66(72)86)50-68(77-74(75)60-24-14-20-30-70(60)89-77)85(57-45-37-53(38-46-57)81(7,8)9)58-47-39-54(40-48-58)82(10,11)12/h13-50,87H,1-12H3. The monoisotopic (exact) mass is 1180 g/mol. The van der Waals surface area contributed by atoms with Crippen LogP contribution in [0.3, 0.4) is 0 Å². The molecule has 1 aliphatic heterocycles. The lowest BCUT2D eigenvalue weighted by Crippen LogP contribution is -2.30. The molecule has 11 aromatic carbocycles. The Kier molecular flexibility index (Phi) is 12.8. The lowest BCUT2D eigenvalue weighted by Gasteiger charge is -2.37. The van der Waals surface area contributed by atoms with Crippen LogP contribution in [0.15, 0.2) is 239 Å². The predicted octanol–water partition coefficient (Wildman–Crippen LogP) is 23.5. The highest BCUT2D eigenvalue weighted by atomic mass is 16.5. The Morgan fingerprint density at radius 1 is 0.344 bits per heavy atom. The molecular formula is C83H75N3O4. The van der Waals surface area contributed by atoms with Gasteiger partial charge in [-0.1, -0.05) is 210 Å². The van der Waals surface area contributed by atoms with Crippen LogP contribution < -0.4 is 19.4 Å². The van der Waals surface area contributed by atoms with Gasteiger partial charge in [0.25, 0.3) is 0 Å². The maximum Gasteiger partial charge on any atom is 0.160 e. The van der Waals surface area contributed by atoms with Gasteiger partial charge in [0.1, 0.15) is 22.4 Å². The number of furan rings is 2. The van der Waals surface area contributed by atoms with Crippen LogP contribution in [0.2, 0.25) is 0 Å². The highest BCUT2D eigenvalue weighted by Crippen LogP contribution is 2.64. The summed E-state index contributed by atoms with van der Waals surface area (Å²) in [6.45, 7) is 27.1. The highest BCUT2D eigenvalue weighted by molar-refractivity contribution is 6.25. The van der Waals surface area contributed by atoms with E-state index in [-0.39, 0.29) is 21.7 Å². The minimum absolute atomic E-state index is 0.0841. The largest absolute Gasteiger partial charge is 0.455 e. The molecule has 1 atom stereocenters. The Hall–Kier alpha value is -9.82. The van der Waals surface area contributed by atoms with Crippen molar-refractivity contribution in [3.63, 3.8) is 0 Å². The molecule has 1 aliphatic carbocycles.